The van der Waals surface area contributed by atoms with E-state index in [1.165, 1.54) is 31.4 Å². The predicted octanol–water partition coefficient (Wildman–Crippen LogP) is 2.73. The Morgan fingerprint density at radius 3 is 2.28 bits per heavy atom. The number of nitrogens with zero attached hydrogens (tertiary/aromatic N) is 1. The normalized spacial score (nSPS) is 31.3. The van der Waals surface area contributed by atoms with Crippen LogP contribution in [0.5, 0.6) is 5.75 Å². The van der Waals surface area contributed by atoms with Crippen LogP contribution in [0.1, 0.15) is 25.7 Å². The number of benzene rings is 1. The minimum atomic E-state index is 0.632. The molecule has 0 saturated carbocycles. The Morgan fingerprint density at radius 2 is 1.72 bits per heavy atom. The fourth-order valence-electron chi connectivity index (χ4n) is 3.45. The molecule has 0 aromatic heterocycles. The van der Waals surface area contributed by atoms with Gasteiger partial charge in [-0.3, -0.25) is 0 Å². The van der Waals surface area contributed by atoms with E-state index >= 15 is 0 Å². The van der Waals surface area contributed by atoms with Crippen LogP contribution in [-0.4, -0.2) is 37.2 Å². The van der Waals surface area contributed by atoms with Crippen molar-refractivity contribution >= 4 is 5.69 Å². The summed E-state index contributed by atoms with van der Waals surface area (Å²) in [7, 11) is 3.99. The van der Waals surface area contributed by atoms with Gasteiger partial charge in [0.05, 0.1) is 7.11 Å². The third kappa shape index (κ3) is 2.19. The zero-order valence-electron chi connectivity index (χ0n) is 11.2. The Morgan fingerprint density at radius 1 is 1.11 bits per heavy atom. The van der Waals surface area contributed by atoms with E-state index in [0.29, 0.717) is 6.04 Å². The first-order valence-electron chi connectivity index (χ1n) is 6.89. The number of piperidine rings is 1. The summed E-state index contributed by atoms with van der Waals surface area (Å²) in [6, 6.07) is 10.5. The van der Waals surface area contributed by atoms with Crippen LogP contribution in [0, 0.1) is 0 Å². The zero-order valence-corrected chi connectivity index (χ0v) is 11.2. The van der Waals surface area contributed by atoms with Gasteiger partial charge in [0.15, 0.2) is 0 Å². The molecule has 0 spiro atoms. The van der Waals surface area contributed by atoms with Gasteiger partial charge < -0.3 is 15.0 Å². The minimum absolute atomic E-state index is 0.632. The number of nitrogens with one attached hydrogen (secondary N) is 1. The summed E-state index contributed by atoms with van der Waals surface area (Å²) in [4.78, 5) is 2.58. The molecule has 3 rings (SSSR count). The number of rotatable bonds is 3. The van der Waals surface area contributed by atoms with Gasteiger partial charge in [0.25, 0.3) is 0 Å². The van der Waals surface area contributed by atoms with Gasteiger partial charge >= 0.3 is 0 Å². The van der Waals surface area contributed by atoms with Gasteiger partial charge in [-0.05, 0) is 57.0 Å². The highest BCUT2D eigenvalue weighted by Gasteiger charge is 2.38. The van der Waals surface area contributed by atoms with Crippen molar-refractivity contribution in [3.05, 3.63) is 24.3 Å². The van der Waals surface area contributed by atoms with Crippen molar-refractivity contribution in [3.8, 4) is 5.75 Å². The number of ether oxygens (including phenoxy) is 1. The second-order valence-corrected chi connectivity index (χ2v) is 5.59. The maximum atomic E-state index is 5.18. The average molecular weight is 246 g/mol. The third-order valence-electron chi connectivity index (χ3n) is 4.56. The molecule has 2 atom stereocenters. The molecule has 0 amide bonds. The Kier molecular flexibility index (Phi) is 3.16. The molecule has 3 nitrogen and oxygen atoms in total. The van der Waals surface area contributed by atoms with Gasteiger partial charge in [-0.2, -0.15) is 0 Å². The smallest absolute Gasteiger partial charge is 0.119 e. The maximum Gasteiger partial charge on any atom is 0.119 e. The van der Waals surface area contributed by atoms with E-state index in [1.54, 1.807) is 7.11 Å². The summed E-state index contributed by atoms with van der Waals surface area (Å²) in [5.41, 5.74) is 1.21. The lowest BCUT2D eigenvalue weighted by Gasteiger charge is -2.37. The lowest BCUT2D eigenvalue weighted by atomic mass is 9.98. The lowest BCUT2D eigenvalue weighted by molar-refractivity contribution is 0.169. The molecule has 0 radical (unpaired) electrons. The molecule has 2 aliphatic rings. The van der Waals surface area contributed by atoms with Crippen molar-refractivity contribution in [2.45, 2.75) is 43.8 Å². The molecular formula is C15H22N2O. The molecule has 1 aromatic rings. The Labute approximate surface area is 109 Å². The highest BCUT2D eigenvalue weighted by atomic mass is 16.5. The van der Waals surface area contributed by atoms with Crippen LogP contribution < -0.4 is 10.1 Å². The molecule has 1 aromatic carbocycles. The van der Waals surface area contributed by atoms with Gasteiger partial charge in [-0.25, -0.2) is 0 Å². The predicted molar refractivity (Wildman–Crippen MR) is 74.2 cm³/mol. The topological polar surface area (TPSA) is 24.5 Å². The number of hydrogen-bond acceptors (Lipinski definition) is 3. The van der Waals surface area contributed by atoms with Crippen LogP contribution in [0.3, 0.4) is 0 Å². The van der Waals surface area contributed by atoms with E-state index in [4.69, 9.17) is 4.74 Å². The molecule has 2 bridgehead atoms. The molecule has 3 heteroatoms. The van der Waals surface area contributed by atoms with E-state index < -0.39 is 0 Å². The standard InChI is InChI=1S/C15H22N2O/c1-17-13-5-6-14(17)10-12(9-13)16-11-3-7-15(18-2)8-4-11/h3-4,7-8,12-14,16H,5-6,9-10H2,1-2H3. The van der Waals surface area contributed by atoms with Crippen LogP contribution in [0.25, 0.3) is 0 Å². The van der Waals surface area contributed by atoms with Gasteiger partial charge in [0.2, 0.25) is 0 Å². The Hall–Kier alpha value is -1.22. The number of hydrogen-bond donors (Lipinski definition) is 1. The highest BCUT2D eigenvalue weighted by Crippen LogP contribution is 2.35. The minimum Gasteiger partial charge on any atom is -0.497 e. The molecular weight excluding hydrogens is 224 g/mol. The lowest BCUT2D eigenvalue weighted by Crippen LogP contribution is -2.44. The van der Waals surface area contributed by atoms with Gasteiger partial charge in [0.1, 0.15) is 5.75 Å². The maximum absolute atomic E-state index is 5.18. The largest absolute Gasteiger partial charge is 0.497 e. The molecule has 2 fully saturated rings. The van der Waals surface area contributed by atoms with Crippen molar-refractivity contribution in [3.63, 3.8) is 0 Å². The Balaban J connectivity index is 1.63. The monoisotopic (exact) mass is 246 g/mol. The van der Waals surface area contributed by atoms with Crippen molar-refractivity contribution in [2.75, 3.05) is 19.5 Å². The van der Waals surface area contributed by atoms with E-state index in [1.807, 2.05) is 12.1 Å². The van der Waals surface area contributed by atoms with Gasteiger partial charge in [0, 0.05) is 23.8 Å². The summed E-state index contributed by atoms with van der Waals surface area (Å²) < 4.78 is 5.18. The van der Waals surface area contributed by atoms with Crippen LogP contribution in [0.15, 0.2) is 24.3 Å². The first kappa shape index (κ1) is 11.8. The molecule has 18 heavy (non-hydrogen) atoms. The fourth-order valence-corrected chi connectivity index (χ4v) is 3.45. The van der Waals surface area contributed by atoms with Crippen molar-refractivity contribution in [1.29, 1.82) is 0 Å². The van der Waals surface area contributed by atoms with E-state index in [9.17, 15) is 0 Å². The first-order chi connectivity index (χ1) is 8.76. The van der Waals surface area contributed by atoms with Crippen LogP contribution in [-0.2, 0) is 0 Å². The van der Waals surface area contributed by atoms with Crippen LogP contribution >= 0.6 is 0 Å². The quantitative estimate of drug-likeness (QED) is 0.887. The number of fused-ring (bicyclic) bond motifs is 2. The van der Waals surface area contributed by atoms with Crippen LogP contribution in [0.2, 0.25) is 0 Å². The van der Waals surface area contributed by atoms with Crippen molar-refractivity contribution in [1.82, 2.24) is 4.90 Å². The Bertz CT molecular complexity index is 389. The van der Waals surface area contributed by atoms with Gasteiger partial charge in [-0.15, -0.1) is 0 Å². The SMILES string of the molecule is COc1ccc(NC2CC3CCC(C2)N3C)cc1. The zero-order chi connectivity index (χ0) is 12.5. The van der Waals surface area contributed by atoms with Crippen LogP contribution in [0.4, 0.5) is 5.69 Å². The summed E-state index contributed by atoms with van der Waals surface area (Å²) in [6.07, 6.45) is 5.31. The number of anilines is 1. The summed E-state index contributed by atoms with van der Waals surface area (Å²) >= 11 is 0. The number of methoxy groups -OCH3 is 1. The van der Waals surface area contributed by atoms with Crippen molar-refractivity contribution < 1.29 is 4.74 Å². The van der Waals surface area contributed by atoms with E-state index in [2.05, 4.69) is 29.4 Å². The second kappa shape index (κ2) is 4.81. The first-order valence-corrected chi connectivity index (χ1v) is 6.89. The van der Waals surface area contributed by atoms with E-state index in [-0.39, 0.29) is 0 Å². The summed E-state index contributed by atoms with van der Waals surface area (Å²) in [5.74, 6) is 0.920. The molecule has 2 unspecified atom stereocenters. The van der Waals surface area contributed by atoms with Gasteiger partial charge in [-0.1, -0.05) is 0 Å². The molecule has 98 valence electrons. The molecule has 1 N–H and O–H groups in total. The molecule has 2 heterocycles. The third-order valence-corrected chi connectivity index (χ3v) is 4.56. The average Bonchev–Trinajstić information content (AvgIpc) is 2.63. The van der Waals surface area contributed by atoms with E-state index in [0.717, 1.165) is 17.8 Å². The molecule has 2 saturated heterocycles. The highest BCUT2D eigenvalue weighted by molar-refractivity contribution is 5.47. The second-order valence-electron chi connectivity index (χ2n) is 5.59. The van der Waals surface area contributed by atoms with Crippen molar-refractivity contribution in [2.24, 2.45) is 0 Å². The fraction of sp³-hybridized carbons (Fsp3) is 0.600. The summed E-state index contributed by atoms with van der Waals surface area (Å²) in [6.45, 7) is 0. The molecule has 0 aliphatic carbocycles. The summed E-state index contributed by atoms with van der Waals surface area (Å²) in [5, 5.41) is 3.67. The molecule has 2 aliphatic heterocycles.